The van der Waals surface area contributed by atoms with E-state index in [0.717, 1.165) is 12.8 Å². The van der Waals surface area contributed by atoms with E-state index in [9.17, 15) is 4.79 Å². The zero-order valence-corrected chi connectivity index (χ0v) is 13.4. The number of nitrogens with zero attached hydrogens (tertiary/aromatic N) is 1. The molecule has 0 heterocycles. The largest absolute Gasteiger partial charge is 0.333 e. The average molecular weight is 302 g/mol. The molecule has 106 valence electrons. The molecule has 0 aliphatic carbocycles. The average Bonchev–Trinajstić information content (AvgIpc) is 2.40. The Hall–Kier alpha value is -0.730. The summed E-state index contributed by atoms with van der Waals surface area (Å²) < 4.78 is 0. The van der Waals surface area contributed by atoms with Gasteiger partial charge in [0.2, 0.25) is 0 Å². The molecule has 0 fully saturated rings. The van der Waals surface area contributed by atoms with Crippen LogP contribution in [0.1, 0.15) is 50.9 Å². The van der Waals surface area contributed by atoms with Gasteiger partial charge in [0.05, 0.1) is 10.6 Å². The van der Waals surface area contributed by atoms with E-state index in [0.29, 0.717) is 15.6 Å². The third-order valence-electron chi connectivity index (χ3n) is 3.52. The van der Waals surface area contributed by atoms with Gasteiger partial charge in [0.1, 0.15) is 0 Å². The zero-order chi connectivity index (χ0) is 14.6. The van der Waals surface area contributed by atoms with E-state index < -0.39 is 0 Å². The molecule has 4 heteroatoms. The first-order valence-corrected chi connectivity index (χ1v) is 7.45. The molecule has 1 aromatic rings. The fourth-order valence-corrected chi connectivity index (χ4v) is 2.40. The number of carbonyl (C=O) groups excluding carboxylic acids is 1. The Morgan fingerprint density at radius 3 is 2.16 bits per heavy atom. The first-order chi connectivity index (χ1) is 8.92. The van der Waals surface area contributed by atoms with Gasteiger partial charge in [0.25, 0.3) is 5.91 Å². The van der Waals surface area contributed by atoms with E-state index >= 15 is 0 Å². The molecule has 2 unspecified atom stereocenters. The summed E-state index contributed by atoms with van der Waals surface area (Å²) in [5.74, 6) is -0.0452. The lowest BCUT2D eigenvalue weighted by Gasteiger charge is -2.34. The van der Waals surface area contributed by atoms with Crippen molar-refractivity contribution in [3.63, 3.8) is 0 Å². The molecule has 0 radical (unpaired) electrons. The Morgan fingerprint density at radius 1 is 1.16 bits per heavy atom. The number of benzene rings is 1. The monoisotopic (exact) mass is 301 g/mol. The van der Waals surface area contributed by atoms with Crippen LogP contribution >= 0.6 is 23.2 Å². The Morgan fingerprint density at radius 2 is 1.68 bits per heavy atom. The highest BCUT2D eigenvalue weighted by molar-refractivity contribution is 6.35. The van der Waals surface area contributed by atoms with Gasteiger partial charge >= 0.3 is 0 Å². The van der Waals surface area contributed by atoms with Crippen molar-refractivity contribution in [2.45, 2.75) is 52.6 Å². The van der Waals surface area contributed by atoms with Gasteiger partial charge in [0.15, 0.2) is 0 Å². The minimum absolute atomic E-state index is 0.0452. The summed E-state index contributed by atoms with van der Waals surface area (Å²) in [6, 6.07) is 5.36. The van der Waals surface area contributed by atoms with Crippen LogP contribution in [0.3, 0.4) is 0 Å². The Kier molecular flexibility index (Phi) is 6.15. The number of hydrogen-bond donors (Lipinski definition) is 0. The van der Waals surface area contributed by atoms with E-state index in [1.54, 1.807) is 18.2 Å². The Balaban J connectivity index is 3.15. The molecule has 1 rings (SSSR count). The third kappa shape index (κ3) is 3.87. The molecule has 0 spiro atoms. The number of carbonyl (C=O) groups is 1. The maximum atomic E-state index is 12.7. The lowest BCUT2D eigenvalue weighted by atomic mass is 10.1. The SMILES string of the molecule is CCC(C)N(C(=O)c1cc(Cl)ccc1Cl)C(C)CC. The predicted molar refractivity (Wildman–Crippen MR) is 82.1 cm³/mol. The summed E-state index contributed by atoms with van der Waals surface area (Å²) in [6.45, 7) is 8.27. The number of halogens is 2. The summed E-state index contributed by atoms with van der Waals surface area (Å²) in [5.41, 5.74) is 0.481. The van der Waals surface area contributed by atoms with Crippen molar-refractivity contribution >= 4 is 29.1 Å². The lowest BCUT2D eigenvalue weighted by molar-refractivity contribution is 0.0598. The van der Waals surface area contributed by atoms with Gasteiger partial charge in [-0.15, -0.1) is 0 Å². The second-order valence-corrected chi connectivity index (χ2v) is 5.69. The smallest absolute Gasteiger partial charge is 0.255 e. The molecular formula is C15H21Cl2NO. The summed E-state index contributed by atoms with van der Waals surface area (Å²) >= 11 is 12.1. The summed E-state index contributed by atoms with van der Waals surface area (Å²) in [7, 11) is 0. The van der Waals surface area contributed by atoms with Crippen molar-refractivity contribution in [3.8, 4) is 0 Å². The van der Waals surface area contributed by atoms with Gasteiger partial charge in [-0.2, -0.15) is 0 Å². The van der Waals surface area contributed by atoms with Crippen molar-refractivity contribution in [2.75, 3.05) is 0 Å². The van der Waals surface area contributed by atoms with Crippen LogP contribution in [0.4, 0.5) is 0 Å². The lowest BCUT2D eigenvalue weighted by Crippen LogP contribution is -2.44. The van der Waals surface area contributed by atoms with Gasteiger partial charge < -0.3 is 4.90 Å². The quantitative estimate of drug-likeness (QED) is 0.746. The molecule has 0 saturated heterocycles. The highest BCUT2D eigenvalue weighted by Gasteiger charge is 2.26. The normalized spacial score (nSPS) is 14.0. The predicted octanol–water partition coefficient (Wildman–Crippen LogP) is 5.03. The van der Waals surface area contributed by atoms with E-state index in [4.69, 9.17) is 23.2 Å². The molecule has 0 N–H and O–H groups in total. The highest BCUT2D eigenvalue weighted by atomic mass is 35.5. The molecule has 0 aliphatic rings. The van der Waals surface area contributed by atoms with Gasteiger partial charge in [-0.25, -0.2) is 0 Å². The standard InChI is InChI=1S/C15H21Cl2NO/c1-5-10(3)18(11(4)6-2)15(19)13-9-12(16)7-8-14(13)17/h7-11H,5-6H2,1-4H3. The molecule has 0 aliphatic heterocycles. The van der Waals surface area contributed by atoms with Gasteiger partial charge in [-0.05, 0) is 44.9 Å². The first kappa shape index (κ1) is 16.3. The van der Waals surface area contributed by atoms with E-state index in [1.165, 1.54) is 0 Å². The second kappa shape index (κ2) is 7.16. The first-order valence-electron chi connectivity index (χ1n) is 6.70. The molecule has 2 nitrogen and oxygen atoms in total. The van der Waals surface area contributed by atoms with Crippen LogP contribution in [-0.2, 0) is 0 Å². The molecular weight excluding hydrogens is 281 g/mol. The Bertz CT molecular complexity index is 438. The highest BCUT2D eigenvalue weighted by Crippen LogP contribution is 2.24. The summed E-state index contributed by atoms with van der Waals surface area (Å²) in [4.78, 5) is 14.6. The van der Waals surface area contributed by atoms with E-state index in [-0.39, 0.29) is 18.0 Å². The summed E-state index contributed by atoms with van der Waals surface area (Å²) in [5, 5.41) is 0.979. The van der Waals surface area contributed by atoms with Crippen molar-refractivity contribution in [3.05, 3.63) is 33.8 Å². The van der Waals surface area contributed by atoms with E-state index in [2.05, 4.69) is 27.7 Å². The molecule has 0 bridgehead atoms. The third-order valence-corrected chi connectivity index (χ3v) is 4.09. The van der Waals surface area contributed by atoms with Crippen molar-refractivity contribution < 1.29 is 4.79 Å². The van der Waals surface area contributed by atoms with E-state index in [1.807, 2.05) is 4.90 Å². The van der Waals surface area contributed by atoms with Crippen LogP contribution in [0, 0.1) is 0 Å². The number of amides is 1. The van der Waals surface area contributed by atoms with Gasteiger partial charge in [0, 0.05) is 17.1 Å². The Labute approximate surface area is 125 Å². The van der Waals surface area contributed by atoms with Crippen LogP contribution in [0.25, 0.3) is 0 Å². The molecule has 1 amide bonds. The fraction of sp³-hybridized carbons (Fsp3) is 0.533. The molecule has 0 saturated carbocycles. The molecule has 1 aromatic carbocycles. The minimum Gasteiger partial charge on any atom is -0.333 e. The van der Waals surface area contributed by atoms with Crippen LogP contribution in [0.15, 0.2) is 18.2 Å². The van der Waals surface area contributed by atoms with Crippen molar-refractivity contribution in [1.82, 2.24) is 4.90 Å². The minimum atomic E-state index is -0.0452. The van der Waals surface area contributed by atoms with Crippen LogP contribution in [-0.4, -0.2) is 22.9 Å². The van der Waals surface area contributed by atoms with Crippen LogP contribution < -0.4 is 0 Å². The summed E-state index contributed by atoms with van der Waals surface area (Å²) in [6.07, 6.45) is 1.82. The second-order valence-electron chi connectivity index (χ2n) is 4.85. The van der Waals surface area contributed by atoms with Gasteiger partial charge in [-0.1, -0.05) is 37.0 Å². The topological polar surface area (TPSA) is 20.3 Å². The van der Waals surface area contributed by atoms with Crippen LogP contribution in [0.5, 0.6) is 0 Å². The maximum absolute atomic E-state index is 12.7. The zero-order valence-electron chi connectivity index (χ0n) is 11.9. The number of hydrogen-bond acceptors (Lipinski definition) is 1. The molecule has 2 atom stereocenters. The van der Waals surface area contributed by atoms with Crippen LogP contribution in [0.2, 0.25) is 10.0 Å². The maximum Gasteiger partial charge on any atom is 0.255 e. The van der Waals surface area contributed by atoms with Crippen molar-refractivity contribution in [1.29, 1.82) is 0 Å². The van der Waals surface area contributed by atoms with Gasteiger partial charge in [-0.3, -0.25) is 4.79 Å². The number of rotatable bonds is 5. The van der Waals surface area contributed by atoms with Crippen molar-refractivity contribution in [2.24, 2.45) is 0 Å². The molecule has 19 heavy (non-hydrogen) atoms. The fourth-order valence-electron chi connectivity index (χ4n) is 2.03. The molecule has 0 aromatic heterocycles.